The Labute approximate surface area is 197 Å². The number of hydrogen-bond acceptors (Lipinski definition) is 8. The second kappa shape index (κ2) is 9.23. The summed E-state index contributed by atoms with van der Waals surface area (Å²) in [5.74, 6) is 1.31. The van der Waals surface area contributed by atoms with Gasteiger partial charge in [0.25, 0.3) is 0 Å². The van der Waals surface area contributed by atoms with Crippen LogP contribution in [0.4, 0.5) is 10.6 Å². The molecule has 2 aliphatic heterocycles. The maximum Gasteiger partial charge on any atom is 0.410 e. The van der Waals surface area contributed by atoms with Gasteiger partial charge < -0.3 is 19.3 Å². The minimum atomic E-state index is -0.536. The molecule has 32 heavy (non-hydrogen) atoms. The van der Waals surface area contributed by atoms with Gasteiger partial charge in [0.2, 0.25) is 5.28 Å². The number of pyridine rings is 1. The highest BCUT2D eigenvalue weighted by Gasteiger charge is 2.30. The van der Waals surface area contributed by atoms with Crippen molar-refractivity contribution in [2.24, 2.45) is 0 Å². The fourth-order valence-corrected chi connectivity index (χ4v) is 4.17. The van der Waals surface area contributed by atoms with E-state index in [-0.39, 0.29) is 22.6 Å². The standard InChI is InChI=1S/C21H26Cl2N6O3/c1-21(2,3)32-20(30)29-11-7-15-14(12-29)16(4-8-24-15)31-13-5-9-28(10-6-13)18-17(22)26-27-19(23)25-18/h4,8,13H,5-7,9-12H2,1-3H3. The van der Waals surface area contributed by atoms with Gasteiger partial charge >= 0.3 is 6.09 Å². The molecule has 9 nitrogen and oxygen atoms in total. The molecule has 2 aromatic rings. The molecule has 0 unspecified atom stereocenters. The second-order valence-corrected chi connectivity index (χ2v) is 9.58. The summed E-state index contributed by atoms with van der Waals surface area (Å²) in [5.41, 5.74) is 1.38. The molecule has 1 amide bonds. The summed E-state index contributed by atoms with van der Waals surface area (Å²) in [5, 5.41) is 7.80. The minimum Gasteiger partial charge on any atom is -0.490 e. The topological polar surface area (TPSA) is 93.6 Å². The molecule has 4 heterocycles. The molecule has 0 spiro atoms. The average molecular weight is 481 g/mol. The van der Waals surface area contributed by atoms with Crippen LogP contribution in [0, 0.1) is 0 Å². The highest BCUT2D eigenvalue weighted by atomic mass is 35.5. The van der Waals surface area contributed by atoms with E-state index in [9.17, 15) is 4.79 Å². The largest absolute Gasteiger partial charge is 0.490 e. The van der Waals surface area contributed by atoms with Crippen molar-refractivity contribution in [3.8, 4) is 5.75 Å². The van der Waals surface area contributed by atoms with Gasteiger partial charge in [-0.15, -0.1) is 10.2 Å². The zero-order valence-corrected chi connectivity index (χ0v) is 19.9. The van der Waals surface area contributed by atoms with Crippen molar-refractivity contribution in [2.45, 2.75) is 58.3 Å². The number of halogens is 2. The normalized spacial score (nSPS) is 17.2. The first-order chi connectivity index (χ1) is 15.2. The number of fused-ring (bicyclic) bond motifs is 1. The first-order valence-electron chi connectivity index (χ1n) is 10.6. The number of ether oxygens (including phenoxy) is 2. The lowest BCUT2D eigenvalue weighted by molar-refractivity contribution is 0.0219. The third kappa shape index (κ3) is 5.32. The SMILES string of the molecule is CC(C)(C)OC(=O)N1CCc2nccc(OC3CCN(c4nc(Cl)nnc4Cl)CC3)c2C1. The number of carbonyl (C=O) groups is 1. The monoisotopic (exact) mass is 480 g/mol. The molecule has 4 rings (SSSR count). The van der Waals surface area contributed by atoms with Gasteiger partial charge in [-0.3, -0.25) is 4.98 Å². The van der Waals surface area contributed by atoms with E-state index in [4.69, 9.17) is 32.7 Å². The van der Waals surface area contributed by atoms with E-state index in [2.05, 4.69) is 20.2 Å². The Morgan fingerprint density at radius 2 is 1.91 bits per heavy atom. The Bertz CT molecular complexity index is 992. The number of amides is 1. The lowest BCUT2D eigenvalue weighted by Gasteiger charge is -2.34. The van der Waals surface area contributed by atoms with E-state index in [0.717, 1.165) is 29.8 Å². The lowest BCUT2D eigenvalue weighted by Crippen LogP contribution is -2.41. The van der Waals surface area contributed by atoms with Crippen molar-refractivity contribution in [3.63, 3.8) is 0 Å². The summed E-state index contributed by atoms with van der Waals surface area (Å²) in [6.45, 7) is 8.01. The van der Waals surface area contributed by atoms with Gasteiger partial charge in [-0.1, -0.05) is 11.6 Å². The molecular formula is C21H26Cl2N6O3. The van der Waals surface area contributed by atoms with Crippen molar-refractivity contribution in [1.29, 1.82) is 0 Å². The number of anilines is 1. The van der Waals surface area contributed by atoms with Crippen molar-refractivity contribution in [2.75, 3.05) is 24.5 Å². The zero-order valence-electron chi connectivity index (χ0n) is 18.3. The van der Waals surface area contributed by atoms with Gasteiger partial charge in [0.1, 0.15) is 17.5 Å². The van der Waals surface area contributed by atoms with E-state index in [0.29, 0.717) is 38.4 Å². The second-order valence-electron chi connectivity index (χ2n) is 8.89. The van der Waals surface area contributed by atoms with E-state index in [1.54, 1.807) is 11.1 Å². The Hall–Kier alpha value is -2.39. The molecule has 0 atom stereocenters. The first kappa shape index (κ1) is 22.8. The Morgan fingerprint density at radius 3 is 2.62 bits per heavy atom. The van der Waals surface area contributed by atoms with Gasteiger partial charge in [-0.25, -0.2) is 4.79 Å². The number of aromatic nitrogens is 4. The predicted octanol–water partition coefficient (Wildman–Crippen LogP) is 3.91. The van der Waals surface area contributed by atoms with Gasteiger partial charge in [0, 0.05) is 50.7 Å². The summed E-state index contributed by atoms with van der Waals surface area (Å²) >= 11 is 12.0. The van der Waals surface area contributed by atoms with Crippen LogP contribution < -0.4 is 9.64 Å². The quantitative estimate of drug-likeness (QED) is 0.652. The lowest BCUT2D eigenvalue weighted by atomic mass is 10.0. The molecule has 1 saturated heterocycles. The molecule has 0 radical (unpaired) electrons. The van der Waals surface area contributed by atoms with Crippen molar-refractivity contribution >= 4 is 35.1 Å². The zero-order chi connectivity index (χ0) is 22.9. The number of carbonyl (C=O) groups excluding carboxylic acids is 1. The van der Waals surface area contributed by atoms with Crippen LogP contribution in [0.15, 0.2) is 12.3 Å². The number of nitrogens with zero attached hydrogens (tertiary/aromatic N) is 6. The maximum absolute atomic E-state index is 12.5. The third-order valence-electron chi connectivity index (χ3n) is 5.36. The van der Waals surface area contributed by atoms with Crippen molar-refractivity contribution < 1.29 is 14.3 Å². The van der Waals surface area contributed by atoms with Crippen LogP contribution in [-0.2, 0) is 17.7 Å². The summed E-state index contributed by atoms with van der Waals surface area (Å²) in [7, 11) is 0. The number of piperidine rings is 1. The van der Waals surface area contributed by atoms with Gasteiger partial charge in [0.15, 0.2) is 11.0 Å². The molecule has 11 heteroatoms. The average Bonchev–Trinajstić information content (AvgIpc) is 2.75. The van der Waals surface area contributed by atoms with Crippen molar-refractivity contribution in [1.82, 2.24) is 25.1 Å². The third-order valence-corrected chi connectivity index (χ3v) is 5.76. The highest BCUT2D eigenvalue weighted by Crippen LogP contribution is 2.31. The van der Waals surface area contributed by atoms with Gasteiger partial charge in [0.05, 0.1) is 12.2 Å². The van der Waals surface area contributed by atoms with Crippen LogP contribution in [0.2, 0.25) is 10.4 Å². The van der Waals surface area contributed by atoms with Crippen LogP contribution in [0.5, 0.6) is 5.75 Å². The van der Waals surface area contributed by atoms with Crippen LogP contribution in [0.1, 0.15) is 44.9 Å². The predicted molar refractivity (Wildman–Crippen MR) is 120 cm³/mol. The first-order valence-corrected chi connectivity index (χ1v) is 11.4. The highest BCUT2D eigenvalue weighted by molar-refractivity contribution is 6.32. The van der Waals surface area contributed by atoms with Gasteiger partial charge in [-0.05, 0) is 38.4 Å². The van der Waals surface area contributed by atoms with E-state index < -0.39 is 5.60 Å². The van der Waals surface area contributed by atoms with Crippen LogP contribution >= 0.6 is 23.2 Å². The number of hydrogen-bond donors (Lipinski definition) is 0. The van der Waals surface area contributed by atoms with Crippen molar-refractivity contribution in [3.05, 3.63) is 34.0 Å². The smallest absolute Gasteiger partial charge is 0.410 e. The van der Waals surface area contributed by atoms with Crippen LogP contribution in [-0.4, -0.2) is 62.5 Å². The van der Waals surface area contributed by atoms with E-state index in [1.165, 1.54) is 0 Å². The maximum atomic E-state index is 12.5. The molecule has 2 aromatic heterocycles. The molecule has 0 saturated carbocycles. The van der Waals surface area contributed by atoms with Gasteiger partial charge in [-0.2, -0.15) is 4.98 Å². The molecule has 0 bridgehead atoms. The van der Waals surface area contributed by atoms with E-state index >= 15 is 0 Å². The molecule has 2 aliphatic rings. The Kier molecular flexibility index (Phi) is 6.57. The summed E-state index contributed by atoms with van der Waals surface area (Å²) < 4.78 is 11.9. The Balaban J connectivity index is 1.41. The van der Waals surface area contributed by atoms with Crippen LogP contribution in [0.25, 0.3) is 0 Å². The fourth-order valence-electron chi connectivity index (χ4n) is 3.86. The van der Waals surface area contributed by atoms with Crippen LogP contribution in [0.3, 0.4) is 0 Å². The molecule has 0 N–H and O–H groups in total. The molecule has 0 aliphatic carbocycles. The van der Waals surface area contributed by atoms with E-state index in [1.807, 2.05) is 31.7 Å². The fraction of sp³-hybridized carbons (Fsp3) is 0.571. The Morgan fingerprint density at radius 1 is 1.16 bits per heavy atom. The minimum absolute atomic E-state index is 0.0266. The summed E-state index contributed by atoms with van der Waals surface area (Å²) in [6.07, 6.45) is 3.71. The number of rotatable bonds is 3. The molecule has 172 valence electrons. The molecular weight excluding hydrogens is 455 g/mol. The molecule has 1 fully saturated rings. The summed E-state index contributed by atoms with van der Waals surface area (Å²) in [6, 6.07) is 1.87. The molecule has 0 aromatic carbocycles. The summed E-state index contributed by atoms with van der Waals surface area (Å²) in [4.78, 5) is 25.0.